The summed E-state index contributed by atoms with van der Waals surface area (Å²) in [5.74, 6) is -1.10. The van der Waals surface area contributed by atoms with E-state index in [4.69, 9.17) is 29.2 Å². The highest BCUT2D eigenvalue weighted by molar-refractivity contribution is 5.66. The van der Waals surface area contributed by atoms with Crippen molar-refractivity contribution in [1.82, 2.24) is 0 Å². The minimum Gasteiger partial charge on any atom is -0.463 e. The maximum absolute atomic E-state index is 11.2. The van der Waals surface area contributed by atoms with E-state index in [9.17, 15) is 9.59 Å². The zero-order valence-corrected chi connectivity index (χ0v) is 12.8. The summed E-state index contributed by atoms with van der Waals surface area (Å²) in [7, 11) is 2.82. The largest absolute Gasteiger partial charge is 0.463 e. The predicted molar refractivity (Wildman–Crippen MR) is 71.6 cm³/mol. The number of methoxy groups -OCH3 is 2. The summed E-state index contributed by atoms with van der Waals surface area (Å²) in [6.45, 7) is 2.33. The van der Waals surface area contributed by atoms with E-state index in [1.807, 2.05) is 0 Å². The zero-order valence-electron chi connectivity index (χ0n) is 12.8. The Bertz CT molecular complexity index is 452. The van der Waals surface area contributed by atoms with E-state index < -0.39 is 42.6 Å². The van der Waals surface area contributed by atoms with Gasteiger partial charge in [-0.15, -0.1) is 0 Å². The highest BCUT2D eigenvalue weighted by Gasteiger charge is 2.48. The molecule has 0 aliphatic carbocycles. The minimum atomic E-state index is -1.16. The summed E-state index contributed by atoms with van der Waals surface area (Å²) in [4.78, 5) is 24.9. The van der Waals surface area contributed by atoms with E-state index in [2.05, 4.69) is 10.0 Å². The quantitative estimate of drug-likeness (QED) is 0.302. The third kappa shape index (κ3) is 4.57. The van der Waals surface area contributed by atoms with Crippen LogP contribution in [0.3, 0.4) is 0 Å². The molecule has 124 valence electrons. The van der Waals surface area contributed by atoms with Gasteiger partial charge in [-0.2, -0.15) is 0 Å². The molecule has 0 saturated carbocycles. The molecule has 0 aromatic carbocycles. The standard InChI is InChI=1S/C12H19N3O7/c1-6(16)20-5-8-10(18-3)11(19-4)9(14-15-13)12(22-8)21-7(2)17/h8-12H,5H2,1-4H3/t8?,9?,10-,11?,12-/m1/s1. The van der Waals surface area contributed by atoms with Crippen LogP contribution in [0.4, 0.5) is 0 Å². The van der Waals surface area contributed by atoms with Gasteiger partial charge in [-0.3, -0.25) is 9.59 Å². The molecule has 5 atom stereocenters. The van der Waals surface area contributed by atoms with Crippen LogP contribution in [0.15, 0.2) is 5.11 Å². The van der Waals surface area contributed by atoms with E-state index in [0.29, 0.717) is 0 Å². The molecule has 1 saturated heterocycles. The molecule has 1 aliphatic heterocycles. The molecule has 0 aromatic rings. The molecule has 0 N–H and O–H groups in total. The predicted octanol–water partition coefficient (Wildman–Crippen LogP) is 0.546. The minimum absolute atomic E-state index is 0.117. The number of hydrogen-bond acceptors (Lipinski definition) is 8. The van der Waals surface area contributed by atoms with Crippen LogP contribution >= 0.6 is 0 Å². The molecule has 1 fully saturated rings. The van der Waals surface area contributed by atoms with Gasteiger partial charge in [0.25, 0.3) is 0 Å². The molecule has 1 heterocycles. The number of nitrogens with zero attached hydrogens (tertiary/aromatic N) is 3. The number of carbonyl (C=O) groups is 2. The van der Waals surface area contributed by atoms with Crippen molar-refractivity contribution in [1.29, 1.82) is 0 Å². The zero-order chi connectivity index (χ0) is 16.7. The number of ether oxygens (including phenoxy) is 5. The van der Waals surface area contributed by atoms with Gasteiger partial charge in [-0.25, -0.2) is 0 Å². The molecule has 1 rings (SSSR count). The topological polar surface area (TPSA) is 129 Å². The van der Waals surface area contributed by atoms with Crippen LogP contribution in [-0.2, 0) is 33.3 Å². The van der Waals surface area contributed by atoms with Gasteiger partial charge in [0.05, 0.1) is 0 Å². The molecule has 1 aliphatic rings. The lowest BCUT2D eigenvalue weighted by Gasteiger charge is -2.42. The Hall–Kier alpha value is -1.87. The van der Waals surface area contributed by atoms with E-state index in [1.165, 1.54) is 28.1 Å². The van der Waals surface area contributed by atoms with Crippen LogP contribution in [0.5, 0.6) is 0 Å². The molecular weight excluding hydrogens is 298 g/mol. The van der Waals surface area contributed by atoms with Gasteiger partial charge in [0.1, 0.15) is 31.0 Å². The number of hydrogen-bond donors (Lipinski definition) is 0. The molecule has 10 heteroatoms. The Morgan fingerprint density at radius 1 is 1.18 bits per heavy atom. The van der Waals surface area contributed by atoms with Gasteiger partial charge < -0.3 is 23.7 Å². The van der Waals surface area contributed by atoms with Crippen LogP contribution in [0, 0.1) is 0 Å². The van der Waals surface area contributed by atoms with Crippen molar-refractivity contribution in [3.8, 4) is 0 Å². The fourth-order valence-corrected chi connectivity index (χ4v) is 2.22. The molecule has 10 nitrogen and oxygen atoms in total. The van der Waals surface area contributed by atoms with E-state index in [0.717, 1.165) is 0 Å². The van der Waals surface area contributed by atoms with Gasteiger partial charge in [0.2, 0.25) is 6.29 Å². The molecule has 22 heavy (non-hydrogen) atoms. The van der Waals surface area contributed by atoms with Gasteiger partial charge in [0, 0.05) is 33.0 Å². The average molecular weight is 317 g/mol. The van der Waals surface area contributed by atoms with Crippen molar-refractivity contribution in [3.63, 3.8) is 0 Å². The van der Waals surface area contributed by atoms with Crippen molar-refractivity contribution >= 4 is 11.9 Å². The molecule has 0 bridgehead atoms. The Labute approximate surface area is 127 Å². The van der Waals surface area contributed by atoms with Crippen molar-refractivity contribution in [3.05, 3.63) is 10.4 Å². The molecule has 3 unspecified atom stereocenters. The summed E-state index contributed by atoms with van der Waals surface area (Å²) < 4.78 is 26.1. The average Bonchev–Trinajstić information content (AvgIpc) is 2.45. The Balaban J connectivity index is 3.02. The fraction of sp³-hybridized carbons (Fsp3) is 0.833. The Kier molecular flexibility index (Phi) is 7.06. The normalized spacial score (nSPS) is 31.0. The van der Waals surface area contributed by atoms with Crippen molar-refractivity contribution in [2.75, 3.05) is 20.8 Å². The van der Waals surface area contributed by atoms with E-state index >= 15 is 0 Å². The first-order chi connectivity index (χ1) is 10.4. The van der Waals surface area contributed by atoms with Gasteiger partial charge in [-0.05, 0) is 5.53 Å². The van der Waals surface area contributed by atoms with Gasteiger partial charge >= 0.3 is 11.9 Å². The molecular formula is C12H19N3O7. The second kappa shape index (κ2) is 8.54. The van der Waals surface area contributed by atoms with Crippen LogP contribution < -0.4 is 0 Å². The van der Waals surface area contributed by atoms with Crippen LogP contribution in [-0.4, -0.2) is 63.4 Å². The third-order valence-corrected chi connectivity index (χ3v) is 3.08. The first-order valence-corrected chi connectivity index (χ1v) is 6.50. The van der Waals surface area contributed by atoms with Crippen molar-refractivity contribution in [2.45, 2.75) is 44.5 Å². The fourth-order valence-electron chi connectivity index (χ4n) is 2.22. The number of esters is 2. The monoisotopic (exact) mass is 317 g/mol. The number of rotatable bonds is 6. The number of azide groups is 1. The lowest BCUT2D eigenvalue weighted by molar-refractivity contribution is -0.267. The lowest BCUT2D eigenvalue weighted by Crippen LogP contribution is -2.60. The summed E-state index contributed by atoms with van der Waals surface area (Å²) >= 11 is 0. The lowest BCUT2D eigenvalue weighted by atomic mass is 9.97. The van der Waals surface area contributed by atoms with E-state index in [1.54, 1.807) is 0 Å². The highest BCUT2D eigenvalue weighted by atomic mass is 16.7. The molecule has 0 amide bonds. The summed E-state index contributed by atoms with van der Waals surface area (Å²) in [5.41, 5.74) is 8.68. The summed E-state index contributed by atoms with van der Waals surface area (Å²) in [5, 5.41) is 3.56. The SMILES string of the molecule is COC1C(N=[N+]=[N-])[C@H](OC(C)=O)OC(COC(C)=O)[C@H]1OC. The van der Waals surface area contributed by atoms with Gasteiger partial charge in [-0.1, -0.05) is 5.11 Å². The maximum Gasteiger partial charge on any atom is 0.304 e. The van der Waals surface area contributed by atoms with Crippen molar-refractivity contribution < 1.29 is 33.3 Å². The van der Waals surface area contributed by atoms with Gasteiger partial charge in [0.15, 0.2) is 0 Å². The highest BCUT2D eigenvalue weighted by Crippen LogP contribution is 2.28. The van der Waals surface area contributed by atoms with E-state index in [-0.39, 0.29) is 6.61 Å². The first-order valence-electron chi connectivity index (χ1n) is 6.50. The number of carbonyl (C=O) groups excluding carboxylic acids is 2. The van der Waals surface area contributed by atoms with Crippen LogP contribution in [0.25, 0.3) is 10.4 Å². The summed E-state index contributed by atoms with van der Waals surface area (Å²) in [6.07, 6.45) is -3.31. The Morgan fingerprint density at radius 3 is 2.27 bits per heavy atom. The third-order valence-electron chi connectivity index (χ3n) is 3.08. The van der Waals surface area contributed by atoms with Crippen LogP contribution in [0.1, 0.15) is 13.8 Å². The molecule has 0 aromatic heterocycles. The molecule has 0 radical (unpaired) electrons. The Morgan fingerprint density at radius 2 is 1.82 bits per heavy atom. The maximum atomic E-state index is 11.2. The second-order valence-electron chi connectivity index (χ2n) is 4.55. The van der Waals surface area contributed by atoms with Crippen LogP contribution in [0.2, 0.25) is 0 Å². The first kappa shape index (κ1) is 18.2. The van der Waals surface area contributed by atoms with Crippen molar-refractivity contribution in [2.24, 2.45) is 5.11 Å². The smallest absolute Gasteiger partial charge is 0.304 e. The second-order valence-corrected chi connectivity index (χ2v) is 4.55. The molecule has 0 spiro atoms. The summed E-state index contributed by atoms with van der Waals surface area (Å²) in [6, 6.07) is -0.933.